The second-order valence-electron chi connectivity index (χ2n) is 7.48. The Morgan fingerprint density at radius 1 is 1.35 bits per heavy atom. The van der Waals surface area contributed by atoms with Crippen LogP contribution in [0.1, 0.15) is 38.5 Å². The minimum Gasteiger partial charge on any atom is -0.453 e. The number of nitrogens with one attached hydrogen (secondary N) is 1. The normalized spacial score (nSPS) is 32.0. The number of piperidine rings is 1. The predicted molar refractivity (Wildman–Crippen MR) is 84.6 cm³/mol. The van der Waals surface area contributed by atoms with Crippen molar-refractivity contribution in [1.29, 1.82) is 0 Å². The average molecular weight is 319 g/mol. The van der Waals surface area contributed by atoms with Gasteiger partial charge in [-0.05, 0) is 37.2 Å². The Kier molecular flexibility index (Phi) is 3.50. The van der Waals surface area contributed by atoms with Gasteiger partial charge in [-0.15, -0.1) is 0 Å². The fraction of sp³-hybridized carbons (Fsp3) is 0.765. The van der Waals surface area contributed by atoms with Gasteiger partial charge in [0.25, 0.3) is 0 Å². The van der Waals surface area contributed by atoms with E-state index in [-0.39, 0.29) is 29.5 Å². The topological polar surface area (TPSA) is 61.9 Å². The summed E-state index contributed by atoms with van der Waals surface area (Å²) in [5.41, 5.74) is 1.59. The van der Waals surface area contributed by atoms with Crippen molar-refractivity contribution in [2.75, 3.05) is 26.7 Å². The van der Waals surface area contributed by atoms with Gasteiger partial charge in [0.15, 0.2) is 0 Å². The molecular weight excluding hydrogens is 294 g/mol. The van der Waals surface area contributed by atoms with Crippen LogP contribution in [0.15, 0.2) is 11.8 Å². The first-order valence-electron chi connectivity index (χ1n) is 8.69. The highest BCUT2D eigenvalue weighted by molar-refractivity contribution is 5.79. The summed E-state index contributed by atoms with van der Waals surface area (Å²) < 4.78 is 4.93. The summed E-state index contributed by atoms with van der Waals surface area (Å²) >= 11 is 0. The molecule has 0 aromatic rings. The summed E-state index contributed by atoms with van der Waals surface area (Å²) in [5.74, 6) is 0.210. The molecule has 2 bridgehead atoms. The van der Waals surface area contributed by atoms with Crippen LogP contribution in [-0.2, 0) is 9.53 Å². The lowest BCUT2D eigenvalue weighted by Gasteiger charge is -2.43. The number of rotatable bonds is 1. The highest BCUT2D eigenvalue weighted by atomic mass is 16.5. The second-order valence-corrected chi connectivity index (χ2v) is 7.48. The molecule has 0 radical (unpaired) electrons. The van der Waals surface area contributed by atoms with Gasteiger partial charge in [0.1, 0.15) is 0 Å². The summed E-state index contributed by atoms with van der Waals surface area (Å²) in [5, 5.41) is 2.99. The SMILES string of the molecule is COC(=O)N1C2C=C(N3CCC4(CC3)CNC(=O)C4)CC1CC2. The van der Waals surface area contributed by atoms with E-state index in [4.69, 9.17) is 4.74 Å². The van der Waals surface area contributed by atoms with Gasteiger partial charge in [0, 0.05) is 44.2 Å². The first-order chi connectivity index (χ1) is 11.1. The molecule has 4 aliphatic heterocycles. The molecule has 1 N–H and O–H groups in total. The minimum atomic E-state index is -0.194. The van der Waals surface area contributed by atoms with Crippen molar-refractivity contribution in [3.8, 4) is 0 Å². The molecule has 0 saturated carbocycles. The van der Waals surface area contributed by atoms with Crippen molar-refractivity contribution in [3.63, 3.8) is 0 Å². The Bertz CT molecular complexity index is 551. The Balaban J connectivity index is 1.43. The lowest BCUT2D eigenvalue weighted by Crippen LogP contribution is -2.47. The van der Waals surface area contributed by atoms with E-state index in [1.807, 2.05) is 4.90 Å². The maximum atomic E-state index is 11.9. The molecule has 2 atom stereocenters. The van der Waals surface area contributed by atoms with Crippen LogP contribution in [0.3, 0.4) is 0 Å². The van der Waals surface area contributed by atoms with E-state index >= 15 is 0 Å². The molecule has 4 rings (SSSR count). The lowest BCUT2D eigenvalue weighted by atomic mass is 9.77. The van der Waals surface area contributed by atoms with Crippen LogP contribution < -0.4 is 5.32 Å². The molecule has 0 aromatic heterocycles. The Labute approximate surface area is 136 Å². The number of carbonyl (C=O) groups excluding carboxylic acids is 2. The van der Waals surface area contributed by atoms with Gasteiger partial charge >= 0.3 is 6.09 Å². The van der Waals surface area contributed by atoms with Crippen molar-refractivity contribution in [2.45, 2.75) is 50.6 Å². The highest BCUT2D eigenvalue weighted by Gasteiger charge is 2.44. The molecule has 126 valence electrons. The second kappa shape index (κ2) is 5.42. The van der Waals surface area contributed by atoms with Crippen LogP contribution in [0.4, 0.5) is 4.79 Å². The third-order valence-corrected chi connectivity index (χ3v) is 6.19. The summed E-state index contributed by atoms with van der Waals surface area (Å²) in [6.07, 6.45) is 7.99. The first-order valence-corrected chi connectivity index (χ1v) is 8.69. The number of likely N-dealkylation sites (tertiary alicyclic amines) is 1. The number of hydrogen-bond acceptors (Lipinski definition) is 4. The lowest BCUT2D eigenvalue weighted by molar-refractivity contribution is -0.119. The largest absolute Gasteiger partial charge is 0.453 e. The van der Waals surface area contributed by atoms with E-state index in [0.29, 0.717) is 6.42 Å². The van der Waals surface area contributed by atoms with Gasteiger partial charge < -0.3 is 15.0 Å². The maximum absolute atomic E-state index is 11.9. The Morgan fingerprint density at radius 2 is 2.13 bits per heavy atom. The quantitative estimate of drug-likeness (QED) is 0.795. The number of methoxy groups -OCH3 is 1. The van der Waals surface area contributed by atoms with Gasteiger partial charge in [-0.2, -0.15) is 0 Å². The highest BCUT2D eigenvalue weighted by Crippen LogP contribution is 2.41. The van der Waals surface area contributed by atoms with E-state index in [0.717, 1.165) is 51.7 Å². The Morgan fingerprint density at radius 3 is 2.74 bits per heavy atom. The molecule has 4 heterocycles. The summed E-state index contributed by atoms with van der Waals surface area (Å²) in [7, 11) is 1.46. The van der Waals surface area contributed by atoms with E-state index in [1.165, 1.54) is 12.8 Å². The molecule has 1 spiro atoms. The van der Waals surface area contributed by atoms with Crippen molar-refractivity contribution in [1.82, 2.24) is 15.1 Å². The average Bonchev–Trinajstić information content (AvgIpc) is 3.04. The van der Waals surface area contributed by atoms with Crippen molar-refractivity contribution in [2.24, 2.45) is 5.41 Å². The number of ether oxygens (including phenoxy) is 1. The minimum absolute atomic E-state index is 0.194. The summed E-state index contributed by atoms with van der Waals surface area (Å²) in [4.78, 5) is 27.9. The third kappa shape index (κ3) is 2.48. The molecule has 4 aliphatic rings. The standard InChI is InChI=1S/C17H25N3O3/c1-23-16(22)20-12-2-3-13(20)9-14(8-12)19-6-4-17(5-7-19)10-15(21)18-11-17/h8,12-13H,2-7,9-11H2,1H3,(H,18,21). The van der Waals surface area contributed by atoms with Gasteiger partial charge in [-0.3, -0.25) is 9.69 Å². The number of carbonyl (C=O) groups is 2. The smallest absolute Gasteiger partial charge is 0.410 e. The van der Waals surface area contributed by atoms with Gasteiger partial charge in [-0.1, -0.05) is 0 Å². The zero-order chi connectivity index (χ0) is 16.0. The van der Waals surface area contributed by atoms with Gasteiger partial charge in [0.2, 0.25) is 5.91 Å². The molecule has 3 saturated heterocycles. The van der Waals surface area contributed by atoms with Crippen LogP contribution in [0, 0.1) is 5.41 Å². The van der Waals surface area contributed by atoms with E-state index < -0.39 is 0 Å². The molecular formula is C17H25N3O3. The fourth-order valence-electron chi connectivity index (χ4n) is 4.81. The molecule has 6 heteroatoms. The fourth-order valence-corrected chi connectivity index (χ4v) is 4.81. The van der Waals surface area contributed by atoms with Crippen LogP contribution in [0.5, 0.6) is 0 Å². The predicted octanol–water partition coefficient (Wildman–Crippen LogP) is 1.48. The molecule has 2 unspecified atom stereocenters. The van der Waals surface area contributed by atoms with Crippen molar-refractivity contribution < 1.29 is 14.3 Å². The molecule has 6 nitrogen and oxygen atoms in total. The molecule has 0 aromatic carbocycles. The molecule has 3 fully saturated rings. The zero-order valence-corrected chi connectivity index (χ0v) is 13.7. The van der Waals surface area contributed by atoms with Gasteiger partial charge in [0.05, 0.1) is 13.2 Å². The van der Waals surface area contributed by atoms with E-state index in [1.54, 1.807) is 0 Å². The number of hydrogen-bond donors (Lipinski definition) is 1. The molecule has 23 heavy (non-hydrogen) atoms. The number of fused-ring (bicyclic) bond motifs is 2. The monoisotopic (exact) mass is 319 g/mol. The first kappa shape index (κ1) is 14.8. The summed E-state index contributed by atoms with van der Waals surface area (Å²) in [6.45, 7) is 2.90. The van der Waals surface area contributed by atoms with E-state index in [9.17, 15) is 9.59 Å². The number of nitrogens with zero attached hydrogens (tertiary/aromatic N) is 2. The Hall–Kier alpha value is -1.72. The van der Waals surface area contributed by atoms with Crippen LogP contribution in [-0.4, -0.2) is 60.6 Å². The van der Waals surface area contributed by atoms with Crippen LogP contribution in [0.25, 0.3) is 0 Å². The van der Waals surface area contributed by atoms with Crippen molar-refractivity contribution in [3.05, 3.63) is 11.8 Å². The maximum Gasteiger partial charge on any atom is 0.410 e. The van der Waals surface area contributed by atoms with E-state index in [2.05, 4.69) is 16.3 Å². The van der Waals surface area contributed by atoms with Crippen LogP contribution in [0.2, 0.25) is 0 Å². The third-order valence-electron chi connectivity index (χ3n) is 6.19. The van der Waals surface area contributed by atoms with Gasteiger partial charge in [-0.25, -0.2) is 4.79 Å². The van der Waals surface area contributed by atoms with Crippen molar-refractivity contribution >= 4 is 12.0 Å². The number of amides is 2. The zero-order valence-electron chi connectivity index (χ0n) is 13.7. The summed E-state index contributed by atoms with van der Waals surface area (Å²) in [6, 6.07) is 0.486. The van der Waals surface area contributed by atoms with Crippen LogP contribution >= 0.6 is 0 Å². The molecule has 0 aliphatic carbocycles. The molecule has 2 amide bonds.